The summed E-state index contributed by atoms with van der Waals surface area (Å²) in [4.78, 5) is 16.6. The van der Waals surface area contributed by atoms with E-state index in [0.29, 0.717) is 30.0 Å². The zero-order valence-corrected chi connectivity index (χ0v) is 13.2. The van der Waals surface area contributed by atoms with Gasteiger partial charge >= 0.3 is 0 Å². The molecule has 1 aliphatic rings. The van der Waals surface area contributed by atoms with Crippen molar-refractivity contribution in [2.45, 2.75) is 59.9 Å². The van der Waals surface area contributed by atoms with Crippen LogP contribution >= 0.6 is 0 Å². The van der Waals surface area contributed by atoms with Gasteiger partial charge in [-0.25, -0.2) is 0 Å². The fraction of sp³-hybridized carbons (Fsp3) is 0.750. The summed E-state index contributed by atoms with van der Waals surface area (Å²) in [6.45, 7) is 9.78. The molecule has 4 heteroatoms. The average Bonchev–Trinajstić information content (AvgIpc) is 2.24. The van der Waals surface area contributed by atoms with Crippen LogP contribution in [0.1, 0.15) is 53.9 Å². The van der Waals surface area contributed by atoms with Gasteiger partial charge in [0.25, 0.3) is 0 Å². The Bertz CT molecular complexity index is 433. The van der Waals surface area contributed by atoms with Crippen LogP contribution in [0.4, 0.5) is 0 Å². The van der Waals surface area contributed by atoms with Gasteiger partial charge in [-0.2, -0.15) is 0 Å². The summed E-state index contributed by atoms with van der Waals surface area (Å²) in [6, 6.07) is -0.210. The van der Waals surface area contributed by atoms with Gasteiger partial charge in [0.2, 0.25) is 0 Å². The Labute approximate surface area is 121 Å². The van der Waals surface area contributed by atoms with Crippen molar-refractivity contribution >= 4 is 11.5 Å². The SMILES string of the molecule is CC(=N[C@@H](CO)CC(C)C)C1=C(O)CC(C)(C)CC1=O. The average molecular weight is 281 g/mol. The fourth-order valence-electron chi connectivity index (χ4n) is 2.75. The van der Waals surface area contributed by atoms with E-state index in [4.69, 9.17) is 0 Å². The van der Waals surface area contributed by atoms with Gasteiger partial charge in [-0.3, -0.25) is 9.79 Å². The summed E-state index contributed by atoms with van der Waals surface area (Å²) in [7, 11) is 0. The second-order valence-electron chi connectivity index (χ2n) is 6.94. The molecule has 1 atom stereocenters. The molecule has 0 aromatic rings. The number of hydrogen-bond donors (Lipinski definition) is 2. The zero-order chi connectivity index (χ0) is 15.5. The maximum Gasteiger partial charge on any atom is 0.168 e. The van der Waals surface area contributed by atoms with Gasteiger partial charge in [-0.05, 0) is 24.7 Å². The second-order valence-corrected chi connectivity index (χ2v) is 6.94. The molecule has 2 N–H and O–H groups in total. The van der Waals surface area contributed by atoms with Crippen LogP contribution in [0.15, 0.2) is 16.3 Å². The van der Waals surface area contributed by atoms with E-state index >= 15 is 0 Å². The van der Waals surface area contributed by atoms with Crippen molar-refractivity contribution in [3.8, 4) is 0 Å². The predicted octanol–water partition coefficient (Wildman–Crippen LogP) is 3.06. The van der Waals surface area contributed by atoms with Crippen LogP contribution in [0.5, 0.6) is 0 Å². The standard InChI is InChI=1S/C16H27NO3/c1-10(2)6-12(9-18)17-11(3)15-13(19)7-16(4,5)8-14(15)20/h10,12,18-19H,6-9H2,1-5H3/t12-/m1/s1. The van der Waals surface area contributed by atoms with Crippen molar-refractivity contribution in [2.24, 2.45) is 16.3 Å². The quantitative estimate of drug-likeness (QED) is 0.761. The normalized spacial score (nSPS) is 21.6. The number of nitrogens with zero attached hydrogens (tertiary/aromatic N) is 1. The summed E-state index contributed by atoms with van der Waals surface area (Å²) in [5, 5.41) is 19.5. The van der Waals surface area contributed by atoms with Gasteiger partial charge in [0.1, 0.15) is 5.76 Å². The van der Waals surface area contributed by atoms with E-state index in [2.05, 4.69) is 18.8 Å². The van der Waals surface area contributed by atoms with Crippen molar-refractivity contribution in [3.05, 3.63) is 11.3 Å². The highest BCUT2D eigenvalue weighted by Gasteiger charge is 2.34. The molecular formula is C16H27NO3. The third-order valence-corrected chi connectivity index (χ3v) is 3.54. The van der Waals surface area contributed by atoms with Gasteiger partial charge < -0.3 is 10.2 Å². The van der Waals surface area contributed by atoms with E-state index < -0.39 is 0 Å². The summed E-state index contributed by atoms with van der Waals surface area (Å²) < 4.78 is 0. The third-order valence-electron chi connectivity index (χ3n) is 3.54. The molecule has 1 rings (SSSR count). The molecule has 0 fully saturated rings. The Balaban J connectivity index is 3.00. The van der Waals surface area contributed by atoms with E-state index in [1.54, 1.807) is 6.92 Å². The van der Waals surface area contributed by atoms with E-state index in [1.165, 1.54) is 0 Å². The first-order valence-corrected chi connectivity index (χ1v) is 7.27. The third kappa shape index (κ3) is 4.44. The van der Waals surface area contributed by atoms with Crippen LogP contribution in [0.25, 0.3) is 0 Å². The highest BCUT2D eigenvalue weighted by Crippen LogP contribution is 2.36. The van der Waals surface area contributed by atoms with Crippen LogP contribution < -0.4 is 0 Å². The lowest BCUT2D eigenvalue weighted by atomic mass is 9.75. The minimum absolute atomic E-state index is 0.0384. The smallest absolute Gasteiger partial charge is 0.168 e. The largest absolute Gasteiger partial charge is 0.511 e. The van der Waals surface area contributed by atoms with Crippen molar-refractivity contribution in [2.75, 3.05) is 6.61 Å². The maximum absolute atomic E-state index is 12.2. The monoisotopic (exact) mass is 281 g/mol. The summed E-state index contributed by atoms with van der Waals surface area (Å²) in [5.74, 6) is 0.502. The Kier molecular flexibility index (Phi) is 5.51. The molecule has 0 amide bonds. The van der Waals surface area contributed by atoms with Crippen molar-refractivity contribution in [3.63, 3.8) is 0 Å². The zero-order valence-electron chi connectivity index (χ0n) is 13.2. The van der Waals surface area contributed by atoms with Crippen molar-refractivity contribution in [1.29, 1.82) is 0 Å². The minimum Gasteiger partial charge on any atom is -0.511 e. The van der Waals surface area contributed by atoms with Crippen LogP contribution in [-0.4, -0.2) is 34.4 Å². The first kappa shape index (κ1) is 16.9. The highest BCUT2D eigenvalue weighted by molar-refractivity contribution is 6.22. The molecule has 0 spiro atoms. The van der Waals surface area contributed by atoms with Crippen molar-refractivity contribution in [1.82, 2.24) is 0 Å². The molecular weight excluding hydrogens is 254 g/mol. The Morgan fingerprint density at radius 1 is 1.35 bits per heavy atom. The number of rotatable bonds is 5. The second kappa shape index (κ2) is 6.53. The van der Waals surface area contributed by atoms with Gasteiger partial charge in [0, 0.05) is 18.6 Å². The molecule has 0 aromatic carbocycles. The number of hydrogen-bond acceptors (Lipinski definition) is 4. The lowest BCUT2D eigenvalue weighted by molar-refractivity contribution is -0.117. The van der Waals surface area contributed by atoms with Gasteiger partial charge in [-0.1, -0.05) is 27.7 Å². The molecule has 0 aliphatic heterocycles. The highest BCUT2D eigenvalue weighted by atomic mass is 16.3. The molecule has 0 bridgehead atoms. The first-order valence-electron chi connectivity index (χ1n) is 7.27. The number of carbonyl (C=O) groups excluding carboxylic acids is 1. The topological polar surface area (TPSA) is 69.9 Å². The lowest BCUT2D eigenvalue weighted by Crippen LogP contribution is -2.29. The number of ketones is 1. The number of carbonyl (C=O) groups is 1. The predicted molar refractivity (Wildman–Crippen MR) is 81.1 cm³/mol. The van der Waals surface area contributed by atoms with Gasteiger partial charge in [0.15, 0.2) is 5.78 Å². The van der Waals surface area contributed by atoms with Crippen LogP contribution in [0.2, 0.25) is 0 Å². The van der Waals surface area contributed by atoms with Crippen molar-refractivity contribution < 1.29 is 15.0 Å². The van der Waals surface area contributed by atoms with Gasteiger partial charge in [-0.15, -0.1) is 0 Å². The summed E-state index contributed by atoms with van der Waals surface area (Å²) in [5.41, 5.74) is 0.702. The minimum atomic E-state index is -0.210. The maximum atomic E-state index is 12.2. The number of Topliss-reactive ketones (excluding diaryl/α,β-unsaturated/α-hetero) is 1. The van der Waals surface area contributed by atoms with Crippen LogP contribution in [-0.2, 0) is 4.79 Å². The van der Waals surface area contributed by atoms with Crippen LogP contribution in [0.3, 0.4) is 0 Å². The lowest BCUT2D eigenvalue weighted by Gasteiger charge is -2.29. The Hall–Kier alpha value is -1.16. The molecule has 0 aromatic heterocycles. The van der Waals surface area contributed by atoms with E-state index in [-0.39, 0.29) is 29.6 Å². The fourth-order valence-corrected chi connectivity index (χ4v) is 2.75. The molecule has 4 nitrogen and oxygen atoms in total. The summed E-state index contributed by atoms with van der Waals surface area (Å²) in [6.07, 6.45) is 1.68. The van der Waals surface area contributed by atoms with Gasteiger partial charge in [0.05, 0.1) is 18.2 Å². The first-order chi connectivity index (χ1) is 9.16. The molecule has 0 heterocycles. The molecule has 0 radical (unpaired) electrons. The number of aliphatic imine (C=N–C) groups is 1. The Morgan fingerprint density at radius 2 is 1.95 bits per heavy atom. The Morgan fingerprint density at radius 3 is 2.40 bits per heavy atom. The number of allylic oxidation sites excluding steroid dienone is 2. The molecule has 0 saturated heterocycles. The van der Waals surface area contributed by atoms with E-state index in [9.17, 15) is 15.0 Å². The van der Waals surface area contributed by atoms with E-state index in [0.717, 1.165) is 6.42 Å². The van der Waals surface area contributed by atoms with E-state index in [1.807, 2.05) is 13.8 Å². The number of aliphatic hydroxyl groups excluding tert-OH is 2. The molecule has 1 aliphatic carbocycles. The molecule has 0 unspecified atom stereocenters. The molecule has 20 heavy (non-hydrogen) atoms. The van der Waals surface area contributed by atoms with Crippen LogP contribution in [0, 0.1) is 11.3 Å². The number of aliphatic hydroxyl groups is 2. The molecule has 0 saturated carbocycles. The molecule has 114 valence electrons. The summed E-state index contributed by atoms with van der Waals surface area (Å²) >= 11 is 0.